The van der Waals surface area contributed by atoms with Gasteiger partial charge in [-0.25, -0.2) is 17.8 Å². The maximum Gasteiger partial charge on any atom is 0.211 e. The molecule has 0 fully saturated rings. The predicted molar refractivity (Wildman–Crippen MR) is 75.7 cm³/mol. The smallest absolute Gasteiger partial charge is 0.211 e. The van der Waals surface area contributed by atoms with E-state index in [0.29, 0.717) is 16.8 Å². The van der Waals surface area contributed by atoms with Crippen molar-refractivity contribution in [1.82, 2.24) is 4.98 Å². The Kier molecular flexibility index (Phi) is 3.13. The van der Waals surface area contributed by atoms with Crippen LogP contribution in [0, 0.1) is 5.82 Å². The van der Waals surface area contributed by atoms with E-state index in [4.69, 9.17) is 10.2 Å². The van der Waals surface area contributed by atoms with E-state index in [0.717, 1.165) is 6.07 Å². The van der Waals surface area contributed by atoms with Crippen LogP contribution in [0.15, 0.2) is 51.8 Å². The summed E-state index contributed by atoms with van der Waals surface area (Å²) in [5.41, 5.74) is 7.02. The second-order valence-electron chi connectivity index (χ2n) is 4.52. The molecule has 0 radical (unpaired) electrons. The van der Waals surface area contributed by atoms with Gasteiger partial charge in [0.15, 0.2) is 15.4 Å². The van der Waals surface area contributed by atoms with Crippen LogP contribution >= 0.6 is 0 Å². The van der Waals surface area contributed by atoms with Gasteiger partial charge in [-0.2, -0.15) is 0 Å². The molecule has 0 saturated carbocycles. The summed E-state index contributed by atoms with van der Waals surface area (Å²) >= 11 is 0. The number of rotatable bonds is 3. The number of nitrogen functional groups attached to an aromatic ring is 1. The number of nitrogens with two attached hydrogens (primary N) is 1. The Balaban J connectivity index is 1.99. The monoisotopic (exact) mass is 306 g/mol. The zero-order valence-corrected chi connectivity index (χ0v) is 11.6. The van der Waals surface area contributed by atoms with Crippen LogP contribution in [-0.2, 0) is 15.6 Å². The van der Waals surface area contributed by atoms with Gasteiger partial charge in [-0.1, -0.05) is 12.1 Å². The van der Waals surface area contributed by atoms with Gasteiger partial charge in [0.05, 0.1) is 0 Å². The summed E-state index contributed by atoms with van der Waals surface area (Å²) in [6.45, 7) is 0. The number of anilines is 1. The standard InChI is InChI=1S/C14H11FN2O3S/c15-10-3-1-2-4-13(10)21(18,19)8-14-17-11-7-9(16)5-6-12(11)20-14/h1-7H,8,16H2. The minimum atomic E-state index is -3.86. The Morgan fingerprint density at radius 2 is 1.95 bits per heavy atom. The summed E-state index contributed by atoms with van der Waals surface area (Å²) in [5, 5.41) is 0. The molecule has 0 amide bonds. The molecule has 3 rings (SSSR count). The van der Waals surface area contributed by atoms with Crippen LogP contribution in [0.4, 0.5) is 10.1 Å². The lowest BCUT2D eigenvalue weighted by Gasteiger charge is -2.02. The normalized spacial score (nSPS) is 11.9. The molecule has 7 heteroatoms. The summed E-state index contributed by atoms with van der Waals surface area (Å²) in [6, 6.07) is 10.0. The number of sulfone groups is 1. The molecule has 21 heavy (non-hydrogen) atoms. The van der Waals surface area contributed by atoms with Gasteiger partial charge in [-0.05, 0) is 30.3 Å². The quantitative estimate of drug-likeness (QED) is 0.751. The molecule has 0 unspecified atom stereocenters. The molecular formula is C14H11FN2O3S. The summed E-state index contributed by atoms with van der Waals surface area (Å²) < 4.78 is 43.4. The first kappa shape index (κ1) is 13.6. The van der Waals surface area contributed by atoms with Crippen molar-refractivity contribution in [1.29, 1.82) is 0 Å². The Hall–Kier alpha value is -2.41. The Morgan fingerprint density at radius 3 is 2.71 bits per heavy atom. The molecule has 5 nitrogen and oxygen atoms in total. The van der Waals surface area contributed by atoms with Crippen molar-refractivity contribution >= 4 is 26.6 Å². The summed E-state index contributed by atoms with van der Waals surface area (Å²) in [4.78, 5) is 3.70. The van der Waals surface area contributed by atoms with E-state index in [1.165, 1.54) is 18.2 Å². The Bertz CT molecular complexity index is 919. The highest BCUT2D eigenvalue weighted by atomic mass is 32.2. The van der Waals surface area contributed by atoms with Gasteiger partial charge >= 0.3 is 0 Å². The number of hydrogen-bond acceptors (Lipinski definition) is 5. The van der Waals surface area contributed by atoms with Crippen molar-refractivity contribution in [2.75, 3.05) is 5.73 Å². The SMILES string of the molecule is Nc1ccc2oc(CS(=O)(=O)c3ccccc3F)nc2c1. The van der Waals surface area contributed by atoms with E-state index < -0.39 is 21.4 Å². The molecule has 1 heterocycles. The molecule has 0 aliphatic heterocycles. The molecule has 2 N–H and O–H groups in total. The summed E-state index contributed by atoms with van der Waals surface area (Å²) in [6.07, 6.45) is 0. The molecule has 0 saturated heterocycles. The fraction of sp³-hybridized carbons (Fsp3) is 0.0714. The fourth-order valence-corrected chi connectivity index (χ4v) is 3.25. The lowest BCUT2D eigenvalue weighted by atomic mass is 10.3. The zero-order valence-electron chi connectivity index (χ0n) is 10.8. The van der Waals surface area contributed by atoms with Crippen molar-refractivity contribution in [3.63, 3.8) is 0 Å². The molecule has 0 aliphatic carbocycles. The van der Waals surface area contributed by atoms with Crippen molar-refractivity contribution in [3.8, 4) is 0 Å². The lowest BCUT2D eigenvalue weighted by molar-refractivity contribution is 0.534. The minimum Gasteiger partial charge on any atom is -0.440 e. The Morgan fingerprint density at radius 1 is 1.19 bits per heavy atom. The maximum atomic E-state index is 13.6. The number of halogens is 1. The Labute approximate surface area is 120 Å². The van der Waals surface area contributed by atoms with Crippen LogP contribution in [0.3, 0.4) is 0 Å². The molecule has 0 aliphatic rings. The molecule has 3 aromatic rings. The zero-order chi connectivity index (χ0) is 15.0. The van der Waals surface area contributed by atoms with E-state index in [2.05, 4.69) is 4.98 Å². The molecule has 0 bridgehead atoms. The first-order chi connectivity index (χ1) is 9.95. The van der Waals surface area contributed by atoms with Crippen molar-refractivity contribution in [3.05, 3.63) is 54.2 Å². The second kappa shape index (κ2) is 4.85. The van der Waals surface area contributed by atoms with Gasteiger partial charge in [-0.3, -0.25) is 0 Å². The highest BCUT2D eigenvalue weighted by Gasteiger charge is 2.22. The van der Waals surface area contributed by atoms with E-state index in [-0.39, 0.29) is 10.8 Å². The van der Waals surface area contributed by atoms with Crippen LogP contribution < -0.4 is 5.73 Å². The number of fused-ring (bicyclic) bond motifs is 1. The predicted octanol–water partition coefficient (Wildman–Crippen LogP) is 2.52. The average molecular weight is 306 g/mol. The van der Waals surface area contributed by atoms with Crippen molar-refractivity contribution in [2.24, 2.45) is 0 Å². The average Bonchev–Trinajstić information content (AvgIpc) is 2.79. The van der Waals surface area contributed by atoms with Crippen LogP contribution in [0.5, 0.6) is 0 Å². The first-order valence-corrected chi connectivity index (χ1v) is 7.73. The molecule has 108 valence electrons. The third-order valence-corrected chi connectivity index (χ3v) is 4.57. The van der Waals surface area contributed by atoms with E-state index >= 15 is 0 Å². The van der Waals surface area contributed by atoms with Crippen molar-refractivity contribution < 1.29 is 17.2 Å². The largest absolute Gasteiger partial charge is 0.440 e. The van der Waals surface area contributed by atoms with Crippen LogP contribution in [0.2, 0.25) is 0 Å². The van der Waals surface area contributed by atoms with Gasteiger partial charge in [-0.15, -0.1) is 0 Å². The number of nitrogens with zero attached hydrogens (tertiary/aromatic N) is 1. The summed E-state index contributed by atoms with van der Waals surface area (Å²) in [7, 11) is -3.86. The highest BCUT2D eigenvalue weighted by molar-refractivity contribution is 7.90. The molecule has 0 spiro atoms. The third-order valence-electron chi connectivity index (χ3n) is 2.94. The second-order valence-corrected chi connectivity index (χ2v) is 6.48. The van der Waals surface area contributed by atoms with Gasteiger partial charge < -0.3 is 10.2 Å². The van der Waals surface area contributed by atoms with Gasteiger partial charge in [0.2, 0.25) is 5.89 Å². The van der Waals surface area contributed by atoms with Crippen LogP contribution in [0.25, 0.3) is 11.1 Å². The number of benzene rings is 2. The van der Waals surface area contributed by atoms with Gasteiger partial charge in [0.25, 0.3) is 0 Å². The van der Waals surface area contributed by atoms with E-state index in [1.807, 2.05) is 0 Å². The third kappa shape index (κ3) is 2.59. The molecule has 2 aromatic carbocycles. The number of aromatic nitrogens is 1. The minimum absolute atomic E-state index is 0.00106. The number of hydrogen-bond donors (Lipinski definition) is 1. The van der Waals surface area contributed by atoms with Gasteiger partial charge in [0.1, 0.15) is 22.0 Å². The maximum absolute atomic E-state index is 13.6. The topological polar surface area (TPSA) is 86.2 Å². The highest BCUT2D eigenvalue weighted by Crippen LogP contribution is 2.23. The lowest BCUT2D eigenvalue weighted by Crippen LogP contribution is -2.07. The van der Waals surface area contributed by atoms with Crippen molar-refractivity contribution in [2.45, 2.75) is 10.6 Å². The number of oxazole rings is 1. The van der Waals surface area contributed by atoms with Crippen LogP contribution in [0.1, 0.15) is 5.89 Å². The molecule has 0 atom stereocenters. The van der Waals surface area contributed by atoms with E-state index in [9.17, 15) is 12.8 Å². The molecular weight excluding hydrogens is 295 g/mol. The van der Waals surface area contributed by atoms with Crippen LogP contribution in [-0.4, -0.2) is 13.4 Å². The summed E-state index contributed by atoms with van der Waals surface area (Å²) in [5.74, 6) is -1.31. The van der Waals surface area contributed by atoms with E-state index in [1.54, 1.807) is 18.2 Å². The first-order valence-electron chi connectivity index (χ1n) is 6.08. The fourth-order valence-electron chi connectivity index (χ4n) is 1.99. The van der Waals surface area contributed by atoms with Gasteiger partial charge in [0, 0.05) is 5.69 Å². The molecule has 1 aromatic heterocycles.